The van der Waals surface area contributed by atoms with Crippen LogP contribution in [-0.2, 0) is 0 Å². The second-order valence-corrected chi connectivity index (χ2v) is 5.83. The molecule has 0 bridgehead atoms. The lowest BCUT2D eigenvalue weighted by Gasteiger charge is -2.13. The van der Waals surface area contributed by atoms with E-state index in [1.165, 1.54) is 0 Å². The first-order valence-corrected chi connectivity index (χ1v) is 7.49. The molecular formula is C21H30. The molecule has 0 saturated carbocycles. The van der Waals surface area contributed by atoms with Crippen LogP contribution in [0, 0.1) is 11.8 Å². The molecule has 2 atom stereocenters. The van der Waals surface area contributed by atoms with Gasteiger partial charge < -0.3 is 0 Å². The summed E-state index contributed by atoms with van der Waals surface area (Å²) in [5.41, 5.74) is 3.93. The first-order chi connectivity index (χ1) is 9.77. The molecule has 0 aliphatic heterocycles. The van der Waals surface area contributed by atoms with Gasteiger partial charge in [-0.3, -0.25) is 0 Å². The fourth-order valence-corrected chi connectivity index (χ4v) is 1.64. The van der Waals surface area contributed by atoms with Crippen molar-refractivity contribution in [1.82, 2.24) is 0 Å². The largest absolute Gasteiger partial charge is 0.103 e. The Morgan fingerprint density at radius 3 is 1.86 bits per heavy atom. The molecule has 0 saturated heterocycles. The maximum atomic E-state index is 4.15. The average molecular weight is 282 g/mol. The molecule has 0 aliphatic rings. The number of allylic oxidation sites excluding steroid dienone is 9. The zero-order valence-electron chi connectivity index (χ0n) is 14.0. The molecule has 0 heteroatoms. The topological polar surface area (TPSA) is 0 Å². The van der Waals surface area contributed by atoms with Crippen LogP contribution in [0.3, 0.4) is 0 Å². The number of hydrogen-bond donors (Lipinski definition) is 0. The molecule has 0 rings (SSSR count). The summed E-state index contributed by atoms with van der Waals surface area (Å²) in [5, 5.41) is 0. The minimum Gasteiger partial charge on any atom is -0.103 e. The van der Waals surface area contributed by atoms with Crippen molar-refractivity contribution >= 4 is 0 Å². The van der Waals surface area contributed by atoms with Crippen LogP contribution in [0.2, 0.25) is 0 Å². The molecule has 0 heterocycles. The van der Waals surface area contributed by atoms with Gasteiger partial charge in [-0.05, 0) is 42.7 Å². The molecule has 0 radical (unpaired) electrons. The molecule has 21 heavy (non-hydrogen) atoms. The summed E-state index contributed by atoms with van der Waals surface area (Å²) in [4.78, 5) is 0. The molecule has 0 aromatic carbocycles. The maximum Gasteiger partial charge on any atom is -0.0196 e. The van der Waals surface area contributed by atoms with E-state index in [2.05, 4.69) is 46.7 Å². The van der Waals surface area contributed by atoms with Crippen molar-refractivity contribution in [2.24, 2.45) is 11.8 Å². The van der Waals surface area contributed by atoms with Crippen LogP contribution in [0.1, 0.15) is 33.6 Å². The Morgan fingerprint density at radius 2 is 1.38 bits per heavy atom. The summed E-state index contributed by atoms with van der Waals surface area (Å²) in [6, 6.07) is 0. The van der Waals surface area contributed by atoms with Crippen molar-refractivity contribution in [2.75, 3.05) is 0 Å². The molecule has 0 aromatic heterocycles. The second-order valence-electron chi connectivity index (χ2n) is 5.83. The van der Waals surface area contributed by atoms with E-state index in [1.54, 1.807) is 0 Å². The molecular weight excluding hydrogens is 252 g/mol. The molecule has 2 unspecified atom stereocenters. The molecule has 0 aromatic rings. The summed E-state index contributed by atoms with van der Waals surface area (Å²) in [6.45, 7) is 26.2. The normalized spacial score (nSPS) is 14.0. The molecule has 114 valence electrons. The Balaban J connectivity index is 4.42. The van der Waals surface area contributed by atoms with Gasteiger partial charge in [0.15, 0.2) is 0 Å². The van der Waals surface area contributed by atoms with Crippen LogP contribution in [0.5, 0.6) is 0 Å². The molecule has 0 N–H and O–H groups in total. The zero-order chi connectivity index (χ0) is 16.4. The molecule has 0 amide bonds. The van der Waals surface area contributed by atoms with Crippen molar-refractivity contribution in [3.05, 3.63) is 85.6 Å². The van der Waals surface area contributed by atoms with Gasteiger partial charge >= 0.3 is 0 Å². The second kappa shape index (κ2) is 9.99. The highest BCUT2D eigenvalue weighted by Gasteiger charge is 2.06. The van der Waals surface area contributed by atoms with Gasteiger partial charge in [0.2, 0.25) is 0 Å². The minimum absolute atomic E-state index is 0.468. The predicted molar refractivity (Wildman–Crippen MR) is 98.3 cm³/mol. The van der Waals surface area contributed by atoms with Crippen LogP contribution >= 0.6 is 0 Å². The van der Waals surface area contributed by atoms with Crippen molar-refractivity contribution < 1.29 is 0 Å². The Hall–Kier alpha value is -1.82. The van der Waals surface area contributed by atoms with Crippen LogP contribution in [0.4, 0.5) is 0 Å². The standard InChI is InChI=1S/C21H30/c1-9-17(4)11-13-19(6)21(8)15-14-20(7)18(5)12-10-16(2)3/h9-10,12,14-15,17,19H,1-2,5,7-8,11,13H2,3-4,6H3/b12-10-,15-14-. The van der Waals surface area contributed by atoms with E-state index in [9.17, 15) is 0 Å². The van der Waals surface area contributed by atoms with Crippen molar-refractivity contribution in [2.45, 2.75) is 33.6 Å². The molecule has 0 spiro atoms. The van der Waals surface area contributed by atoms with Crippen LogP contribution in [0.15, 0.2) is 85.6 Å². The lowest BCUT2D eigenvalue weighted by molar-refractivity contribution is 0.525. The Labute approximate surface area is 131 Å². The van der Waals surface area contributed by atoms with E-state index in [0.717, 1.165) is 35.1 Å². The zero-order valence-corrected chi connectivity index (χ0v) is 14.0. The first kappa shape index (κ1) is 19.2. The smallest absolute Gasteiger partial charge is 0.0196 e. The lowest BCUT2D eigenvalue weighted by Crippen LogP contribution is -1.99. The van der Waals surface area contributed by atoms with Gasteiger partial charge in [0.25, 0.3) is 0 Å². The predicted octanol–water partition coefficient (Wildman–Crippen LogP) is 6.58. The highest BCUT2D eigenvalue weighted by molar-refractivity contribution is 5.45. The van der Waals surface area contributed by atoms with E-state index in [4.69, 9.17) is 0 Å². The summed E-state index contributed by atoms with van der Waals surface area (Å²) in [5.74, 6) is 1.03. The summed E-state index contributed by atoms with van der Waals surface area (Å²) >= 11 is 0. The SMILES string of the molecule is C=CC(C)CCC(C)C(=C)/C=C\C(=C)C(=C)/C=C\C(=C)C. The Bertz CT molecular complexity index is 468. The number of hydrogen-bond acceptors (Lipinski definition) is 0. The minimum atomic E-state index is 0.468. The fraction of sp³-hybridized carbons (Fsp3) is 0.333. The van der Waals surface area contributed by atoms with Gasteiger partial charge in [0.05, 0.1) is 0 Å². The molecule has 0 nitrogen and oxygen atoms in total. The van der Waals surface area contributed by atoms with E-state index < -0.39 is 0 Å². The van der Waals surface area contributed by atoms with Gasteiger partial charge in [0, 0.05) is 0 Å². The molecule has 0 fully saturated rings. The van der Waals surface area contributed by atoms with Gasteiger partial charge in [-0.2, -0.15) is 0 Å². The van der Waals surface area contributed by atoms with E-state index >= 15 is 0 Å². The van der Waals surface area contributed by atoms with Crippen LogP contribution in [0.25, 0.3) is 0 Å². The third-order valence-corrected chi connectivity index (χ3v) is 3.57. The van der Waals surface area contributed by atoms with E-state index in [-0.39, 0.29) is 0 Å². The Morgan fingerprint density at radius 1 is 0.857 bits per heavy atom. The third-order valence-electron chi connectivity index (χ3n) is 3.57. The summed E-state index contributed by atoms with van der Waals surface area (Å²) in [7, 11) is 0. The fourth-order valence-electron chi connectivity index (χ4n) is 1.64. The van der Waals surface area contributed by atoms with Gasteiger partial charge in [-0.15, -0.1) is 6.58 Å². The van der Waals surface area contributed by atoms with Gasteiger partial charge in [-0.25, -0.2) is 0 Å². The van der Waals surface area contributed by atoms with E-state index in [1.807, 2.05) is 37.3 Å². The molecule has 0 aliphatic carbocycles. The highest BCUT2D eigenvalue weighted by Crippen LogP contribution is 2.21. The average Bonchev–Trinajstić information content (AvgIpc) is 2.46. The van der Waals surface area contributed by atoms with Crippen molar-refractivity contribution in [1.29, 1.82) is 0 Å². The quantitative estimate of drug-likeness (QED) is 0.313. The summed E-state index contributed by atoms with van der Waals surface area (Å²) in [6.07, 6.45) is 12.2. The van der Waals surface area contributed by atoms with Crippen molar-refractivity contribution in [3.8, 4) is 0 Å². The van der Waals surface area contributed by atoms with Gasteiger partial charge in [-0.1, -0.05) is 81.7 Å². The Kier molecular flexibility index (Phi) is 9.12. The van der Waals surface area contributed by atoms with Crippen molar-refractivity contribution in [3.63, 3.8) is 0 Å². The van der Waals surface area contributed by atoms with E-state index in [0.29, 0.717) is 11.8 Å². The van der Waals surface area contributed by atoms with Gasteiger partial charge in [0.1, 0.15) is 0 Å². The highest BCUT2D eigenvalue weighted by atomic mass is 14.1. The lowest BCUT2D eigenvalue weighted by atomic mass is 9.92. The maximum absolute atomic E-state index is 4.15. The monoisotopic (exact) mass is 282 g/mol. The third kappa shape index (κ3) is 8.86. The first-order valence-electron chi connectivity index (χ1n) is 7.49. The van der Waals surface area contributed by atoms with Crippen LogP contribution in [-0.4, -0.2) is 0 Å². The number of rotatable bonds is 10. The van der Waals surface area contributed by atoms with Crippen LogP contribution < -0.4 is 0 Å². The summed E-state index contributed by atoms with van der Waals surface area (Å²) < 4.78 is 0.